The van der Waals surface area contributed by atoms with Crippen molar-refractivity contribution in [1.29, 1.82) is 0 Å². The zero-order chi connectivity index (χ0) is 13.2. The van der Waals surface area contributed by atoms with Gasteiger partial charge in [0.15, 0.2) is 5.82 Å². The highest BCUT2D eigenvalue weighted by molar-refractivity contribution is 14.1. The zero-order valence-corrected chi connectivity index (χ0v) is 13.1. The molecule has 98 valence electrons. The van der Waals surface area contributed by atoms with Crippen LogP contribution in [0.3, 0.4) is 0 Å². The quantitative estimate of drug-likeness (QED) is 0.809. The second-order valence-electron chi connectivity index (χ2n) is 4.12. The van der Waals surface area contributed by atoms with Crippen LogP contribution >= 0.6 is 33.9 Å². The molecule has 1 unspecified atom stereocenters. The van der Waals surface area contributed by atoms with E-state index in [0.29, 0.717) is 24.9 Å². The number of halogens is 1. The predicted octanol–water partition coefficient (Wildman–Crippen LogP) is 2.61. The van der Waals surface area contributed by atoms with Gasteiger partial charge in [-0.25, -0.2) is 0 Å². The number of rotatable bonds is 5. The first kappa shape index (κ1) is 13.9. The molecule has 0 spiro atoms. The van der Waals surface area contributed by atoms with Crippen molar-refractivity contribution in [2.24, 2.45) is 5.73 Å². The first-order valence-corrected chi connectivity index (χ1v) is 7.44. The molecule has 0 aromatic carbocycles. The number of aromatic nitrogens is 2. The van der Waals surface area contributed by atoms with Gasteiger partial charge >= 0.3 is 0 Å². The van der Waals surface area contributed by atoms with Crippen molar-refractivity contribution in [3.8, 4) is 11.5 Å². The number of hydrogen-bond acceptors (Lipinski definition) is 6. The van der Waals surface area contributed by atoms with Crippen molar-refractivity contribution in [3.63, 3.8) is 0 Å². The van der Waals surface area contributed by atoms with Gasteiger partial charge in [0.25, 0.3) is 5.89 Å². The number of nitrogens with two attached hydrogens (primary N) is 1. The van der Waals surface area contributed by atoms with E-state index >= 15 is 0 Å². The Bertz CT molecular complexity index is 524. The lowest BCUT2D eigenvalue weighted by atomic mass is 10.1. The topological polar surface area (TPSA) is 74.2 Å². The lowest BCUT2D eigenvalue weighted by Crippen LogP contribution is -2.39. The molecular formula is C11H14IN3O2S. The summed E-state index contributed by atoms with van der Waals surface area (Å²) in [4.78, 5) is 4.34. The summed E-state index contributed by atoms with van der Waals surface area (Å²) in [6.07, 6.45) is 0. The second kappa shape index (κ2) is 5.64. The minimum absolute atomic E-state index is 0.365. The molecule has 1 atom stereocenters. The highest BCUT2D eigenvalue weighted by atomic mass is 127. The van der Waals surface area contributed by atoms with Crippen molar-refractivity contribution in [3.05, 3.63) is 20.2 Å². The second-order valence-corrected chi connectivity index (χ2v) is 6.92. The maximum atomic E-state index is 6.11. The van der Waals surface area contributed by atoms with Crippen LogP contribution in [0.4, 0.5) is 0 Å². The Kier molecular flexibility index (Phi) is 4.36. The summed E-state index contributed by atoms with van der Waals surface area (Å²) in [7, 11) is 0. The molecule has 0 bridgehead atoms. The summed E-state index contributed by atoms with van der Waals surface area (Å²) < 4.78 is 11.7. The predicted molar refractivity (Wildman–Crippen MR) is 78.4 cm³/mol. The average molecular weight is 379 g/mol. The Hall–Kier alpha value is -0.510. The molecular weight excluding hydrogens is 365 g/mol. The van der Waals surface area contributed by atoms with E-state index in [1.165, 1.54) is 2.88 Å². The molecule has 0 aliphatic carbocycles. The van der Waals surface area contributed by atoms with Gasteiger partial charge in [0.05, 0.1) is 15.1 Å². The smallest absolute Gasteiger partial charge is 0.258 e. The Morgan fingerprint density at radius 2 is 2.39 bits per heavy atom. The van der Waals surface area contributed by atoms with E-state index < -0.39 is 5.54 Å². The fraction of sp³-hybridized carbons (Fsp3) is 0.455. The third kappa shape index (κ3) is 3.08. The summed E-state index contributed by atoms with van der Waals surface area (Å²) in [6, 6.07) is 2.00. The van der Waals surface area contributed by atoms with Crippen LogP contribution in [0.1, 0.15) is 19.7 Å². The van der Waals surface area contributed by atoms with Crippen LogP contribution in [0.2, 0.25) is 0 Å². The Labute approximate surface area is 123 Å². The van der Waals surface area contributed by atoms with E-state index in [0.717, 1.165) is 5.56 Å². The molecule has 2 aromatic heterocycles. The van der Waals surface area contributed by atoms with E-state index in [-0.39, 0.29) is 0 Å². The molecule has 2 aromatic rings. The van der Waals surface area contributed by atoms with Crippen LogP contribution in [-0.2, 0) is 10.3 Å². The minimum atomic E-state index is -0.735. The number of hydrogen-bond donors (Lipinski definition) is 1. The van der Waals surface area contributed by atoms with Crippen molar-refractivity contribution < 1.29 is 9.26 Å². The standard InChI is InChI=1S/C11H14IN3O2S/c1-3-16-6-11(2,13)10-14-9(17-15-10)7-4-8(12)18-5-7/h4-5H,3,6,13H2,1-2H3. The van der Waals surface area contributed by atoms with Gasteiger partial charge in [0.2, 0.25) is 0 Å². The summed E-state index contributed by atoms with van der Waals surface area (Å²) in [5, 5.41) is 5.92. The Balaban J connectivity index is 2.19. The molecule has 0 fully saturated rings. The van der Waals surface area contributed by atoms with E-state index in [2.05, 4.69) is 32.7 Å². The van der Waals surface area contributed by atoms with E-state index in [9.17, 15) is 0 Å². The molecule has 0 saturated heterocycles. The first-order valence-electron chi connectivity index (χ1n) is 5.48. The summed E-state index contributed by atoms with van der Waals surface area (Å²) in [5.41, 5.74) is 6.30. The SMILES string of the molecule is CCOCC(C)(N)c1noc(-c2csc(I)c2)n1. The van der Waals surface area contributed by atoms with Gasteiger partial charge in [-0.2, -0.15) is 4.98 Å². The summed E-state index contributed by atoms with van der Waals surface area (Å²) >= 11 is 3.89. The fourth-order valence-electron chi connectivity index (χ4n) is 1.37. The highest BCUT2D eigenvalue weighted by Crippen LogP contribution is 2.26. The largest absolute Gasteiger partial charge is 0.379 e. The highest BCUT2D eigenvalue weighted by Gasteiger charge is 2.28. The van der Waals surface area contributed by atoms with Crippen LogP contribution in [0, 0.1) is 2.88 Å². The van der Waals surface area contributed by atoms with Gasteiger partial charge < -0.3 is 15.0 Å². The van der Waals surface area contributed by atoms with Crippen LogP contribution in [-0.4, -0.2) is 23.4 Å². The monoisotopic (exact) mass is 379 g/mol. The van der Waals surface area contributed by atoms with Gasteiger partial charge in [0, 0.05) is 12.0 Å². The Morgan fingerprint density at radius 1 is 1.61 bits per heavy atom. The molecule has 2 rings (SSSR count). The summed E-state index contributed by atoms with van der Waals surface area (Å²) in [5.74, 6) is 0.962. The van der Waals surface area contributed by atoms with Crippen LogP contribution in [0.25, 0.3) is 11.5 Å². The lowest BCUT2D eigenvalue weighted by molar-refractivity contribution is 0.0962. The molecule has 0 aliphatic rings. The number of nitrogens with zero attached hydrogens (tertiary/aromatic N) is 2. The minimum Gasteiger partial charge on any atom is -0.379 e. The number of thiophene rings is 1. The van der Waals surface area contributed by atoms with Crippen molar-refractivity contribution in [1.82, 2.24) is 10.1 Å². The van der Waals surface area contributed by atoms with E-state index in [1.807, 2.05) is 25.3 Å². The fourth-order valence-corrected chi connectivity index (χ4v) is 2.69. The van der Waals surface area contributed by atoms with Crippen molar-refractivity contribution >= 4 is 33.9 Å². The zero-order valence-electron chi connectivity index (χ0n) is 10.1. The van der Waals surface area contributed by atoms with Crippen molar-refractivity contribution in [2.45, 2.75) is 19.4 Å². The molecule has 0 amide bonds. The molecule has 5 nitrogen and oxygen atoms in total. The molecule has 2 N–H and O–H groups in total. The van der Waals surface area contributed by atoms with Gasteiger partial charge in [0.1, 0.15) is 5.54 Å². The normalized spacial score (nSPS) is 14.7. The van der Waals surface area contributed by atoms with Crippen molar-refractivity contribution in [2.75, 3.05) is 13.2 Å². The maximum Gasteiger partial charge on any atom is 0.258 e. The molecule has 7 heteroatoms. The van der Waals surface area contributed by atoms with Gasteiger partial charge in [-0.15, -0.1) is 11.3 Å². The maximum absolute atomic E-state index is 6.11. The molecule has 0 radical (unpaired) electrons. The van der Waals surface area contributed by atoms with Crippen LogP contribution < -0.4 is 5.73 Å². The number of ether oxygens (including phenoxy) is 1. The van der Waals surface area contributed by atoms with Gasteiger partial charge in [-0.05, 0) is 42.5 Å². The lowest BCUT2D eigenvalue weighted by Gasteiger charge is -2.19. The molecule has 0 aliphatic heterocycles. The van der Waals surface area contributed by atoms with E-state index in [4.69, 9.17) is 15.0 Å². The van der Waals surface area contributed by atoms with Crippen LogP contribution in [0.15, 0.2) is 16.0 Å². The average Bonchev–Trinajstić information content (AvgIpc) is 2.94. The third-order valence-corrected chi connectivity index (χ3v) is 4.15. The molecule has 2 heterocycles. The van der Waals surface area contributed by atoms with Gasteiger partial charge in [-0.1, -0.05) is 5.16 Å². The summed E-state index contributed by atoms with van der Waals surface area (Å²) in [6.45, 7) is 4.73. The Morgan fingerprint density at radius 3 is 3.00 bits per heavy atom. The first-order chi connectivity index (χ1) is 8.53. The third-order valence-electron chi connectivity index (χ3n) is 2.36. The van der Waals surface area contributed by atoms with Crippen LogP contribution in [0.5, 0.6) is 0 Å². The van der Waals surface area contributed by atoms with Gasteiger partial charge in [-0.3, -0.25) is 0 Å². The van der Waals surface area contributed by atoms with E-state index in [1.54, 1.807) is 11.3 Å². The molecule has 0 saturated carbocycles. The molecule has 18 heavy (non-hydrogen) atoms.